The summed E-state index contributed by atoms with van der Waals surface area (Å²) in [6.07, 6.45) is 0.166. The Morgan fingerprint density at radius 1 is 1.00 bits per heavy atom. The fourth-order valence-electron chi connectivity index (χ4n) is 2.63. The molecule has 0 aliphatic heterocycles. The maximum absolute atomic E-state index is 13.0. The lowest BCUT2D eigenvalue weighted by Gasteiger charge is -2.06. The molecule has 162 valence electrons. The lowest BCUT2D eigenvalue weighted by Crippen LogP contribution is -2.12. The van der Waals surface area contributed by atoms with Gasteiger partial charge in [-0.15, -0.1) is 0 Å². The topological polar surface area (TPSA) is 131 Å². The lowest BCUT2D eigenvalue weighted by atomic mass is 10.2. The van der Waals surface area contributed by atoms with Crippen LogP contribution in [0.2, 0.25) is 0 Å². The molecule has 0 fully saturated rings. The third-order valence-electron chi connectivity index (χ3n) is 4.06. The predicted molar refractivity (Wildman–Crippen MR) is 109 cm³/mol. The molecule has 31 heavy (non-hydrogen) atoms. The van der Waals surface area contributed by atoms with Crippen molar-refractivity contribution in [2.45, 2.75) is 30.4 Å². The van der Waals surface area contributed by atoms with Gasteiger partial charge in [-0.3, -0.25) is 9.59 Å². The zero-order chi connectivity index (χ0) is 22.4. The second-order valence-corrected chi connectivity index (χ2v) is 8.61. The maximum atomic E-state index is 13.0. The highest BCUT2D eigenvalue weighted by Crippen LogP contribution is 2.17. The summed E-state index contributed by atoms with van der Waals surface area (Å²) in [6, 6.07) is 11.0. The zero-order valence-corrected chi connectivity index (χ0v) is 17.3. The van der Waals surface area contributed by atoms with Gasteiger partial charge in [-0.1, -0.05) is 5.16 Å². The van der Waals surface area contributed by atoms with Crippen LogP contribution in [0.25, 0.3) is 0 Å². The van der Waals surface area contributed by atoms with Crippen molar-refractivity contribution >= 4 is 33.0 Å². The van der Waals surface area contributed by atoms with E-state index in [4.69, 9.17) is 4.52 Å². The Kier molecular flexibility index (Phi) is 6.75. The summed E-state index contributed by atoms with van der Waals surface area (Å²) < 4.78 is 42.7. The normalized spacial score (nSPS) is 11.2. The number of sulfone groups is 1. The summed E-state index contributed by atoms with van der Waals surface area (Å²) in [5.41, 5.74) is 1.16. The summed E-state index contributed by atoms with van der Waals surface area (Å²) in [5, 5.41) is 8.95. The van der Waals surface area contributed by atoms with Crippen molar-refractivity contribution in [3.05, 3.63) is 66.1 Å². The molecule has 0 radical (unpaired) electrons. The molecule has 3 aromatic rings. The lowest BCUT2D eigenvalue weighted by molar-refractivity contribution is -0.116. The molecule has 0 bridgehead atoms. The molecule has 0 saturated carbocycles. The number of amides is 2. The van der Waals surface area contributed by atoms with E-state index >= 15 is 0 Å². The molecule has 2 amide bonds. The first-order valence-electron chi connectivity index (χ1n) is 9.18. The fourth-order valence-corrected chi connectivity index (χ4v) is 3.80. The van der Waals surface area contributed by atoms with Crippen LogP contribution in [-0.4, -0.2) is 30.4 Å². The summed E-state index contributed by atoms with van der Waals surface area (Å²) in [5.74, 6) is -1.46. The number of aryl methyl sites for hydroxylation is 1. The van der Waals surface area contributed by atoms with Crippen LogP contribution in [0, 0.1) is 5.82 Å². The number of halogens is 1. The summed E-state index contributed by atoms with van der Waals surface area (Å²) >= 11 is 0. The molecule has 11 heteroatoms. The van der Waals surface area contributed by atoms with E-state index in [-0.39, 0.29) is 41.3 Å². The van der Waals surface area contributed by atoms with Gasteiger partial charge in [0.05, 0.1) is 4.90 Å². The van der Waals surface area contributed by atoms with E-state index in [1.807, 2.05) is 0 Å². The number of hydrogen-bond acceptors (Lipinski definition) is 7. The van der Waals surface area contributed by atoms with Crippen LogP contribution in [0.1, 0.15) is 25.1 Å². The van der Waals surface area contributed by atoms with E-state index in [0.29, 0.717) is 11.4 Å². The summed E-state index contributed by atoms with van der Waals surface area (Å²) in [6.45, 7) is 1.40. The molecule has 1 aromatic heterocycles. The number of anilines is 2. The van der Waals surface area contributed by atoms with Gasteiger partial charge in [-0.25, -0.2) is 12.8 Å². The minimum atomic E-state index is -3.76. The van der Waals surface area contributed by atoms with Gasteiger partial charge < -0.3 is 15.2 Å². The first kappa shape index (κ1) is 22.1. The third kappa shape index (κ3) is 6.44. The van der Waals surface area contributed by atoms with Crippen LogP contribution >= 0.6 is 0 Å². The second kappa shape index (κ2) is 9.47. The summed E-state index contributed by atoms with van der Waals surface area (Å²) in [7, 11) is -3.76. The molecule has 0 unspecified atom stereocenters. The second-order valence-electron chi connectivity index (χ2n) is 6.62. The first-order chi connectivity index (χ1) is 14.7. The van der Waals surface area contributed by atoms with Crippen molar-refractivity contribution in [3.8, 4) is 0 Å². The molecule has 0 spiro atoms. The number of aromatic nitrogens is 2. The highest BCUT2D eigenvalue weighted by molar-refractivity contribution is 7.90. The van der Waals surface area contributed by atoms with Gasteiger partial charge in [0.25, 0.3) is 0 Å². The first-order valence-corrected chi connectivity index (χ1v) is 10.8. The average molecular weight is 446 g/mol. The number of nitrogens with zero attached hydrogens (tertiary/aromatic N) is 2. The average Bonchev–Trinajstić information content (AvgIpc) is 3.14. The zero-order valence-electron chi connectivity index (χ0n) is 16.5. The Morgan fingerprint density at radius 3 is 2.23 bits per heavy atom. The van der Waals surface area contributed by atoms with E-state index in [2.05, 4.69) is 20.8 Å². The van der Waals surface area contributed by atoms with Crippen molar-refractivity contribution in [1.82, 2.24) is 10.1 Å². The number of carbonyl (C=O) groups is 2. The Labute approximate surface area is 177 Å². The van der Waals surface area contributed by atoms with Crippen LogP contribution < -0.4 is 10.6 Å². The van der Waals surface area contributed by atoms with E-state index in [9.17, 15) is 22.4 Å². The molecule has 0 atom stereocenters. The minimum Gasteiger partial charge on any atom is -0.339 e. The van der Waals surface area contributed by atoms with Gasteiger partial charge in [0.15, 0.2) is 15.7 Å². The van der Waals surface area contributed by atoms with Gasteiger partial charge in [-0.05, 0) is 48.5 Å². The van der Waals surface area contributed by atoms with Crippen LogP contribution in [0.4, 0.5) is 15.8 Å². The highest BCUT2D eigenvalue weighted by Gasteiger charge is 2.19. The number of carbonyl (C=O) groups excluding carboxylic acids is 2. The van der Waals surface area contributed by atoms with Crippen LogP contribution in [0.3, 0.4) is 0 Å². The Morgan fingerprint density at radius 2 is 1.61 bits per heavy atom. The maximum Gasteiger partial charge on any atom is 0.227 e. The van der Waals surface area contributed by atoms with Crippen LogP contribution in [-0.2, 0) is 31.6 Å². The van der Waals surface area contributed by atoms with Crippen molar-refractivity contribution in [2.75, 3.05) is 10.6 Å². The molecule has 2 aromatic carbocycles. The molecule has 0 saturated heterocycles. The Hall–Kier alpha value is -3.60. The van der Waals surface area contributed by atoms with Gasteiger partial charge in [0, 0.05) is 31.1 Å². The van der Waals surface area contributed by atoms with Gasteiger partial charge in [0.2, 0.25) is 17.7 Å². The van der Waals surface area contributed by atoms with Gasteiger partial charge >= 0.3 is 0 Å². The number of rotatable bonds is 8. The van der Waals surface area contributed by atoms with Crippen molar-refractivity contribution in [3.63, 3.8) is 0 Å². The largest absolute Gasteiger partial charge is 0.339 e. The molecule has 3 rings (SSSR count). The number of hydrogen-bond donors (Lipinski definition) is 2. The molecule has 0 aliphatic carbocycles. The standard InChI is InChI=1S/C20H19FN4O5S/c1-13(26)22-15-4-6-16(7-5-15)23-19(27)10-11-20-24-18(25-30-20)12-31(28,29)17-8-2-14(21)3-9-17/h2-9H,10-12H2,1H3,(H,22,26)(H,23,27). The van der Waals surface area contributed by atoms with Crippen molar-refractivity contribution < 1.29 is 26.9 Å². The molecule has 2 N–H and O–H groups in total. The van der Waals surface area contributed by atoms with E-state index in [1.54, 1.807) is 24.3 Å². The van der Waals surface area contributed by atoms with E-state index in [0.717, 1.165) is 12.1 Å². The summed E-state index contributed by atoms with van der Waals surface area (Å²) in [4.78, 5) is 27.1. The number of benzene rings is 2. The highest BCUT2D eigenvalue weighted by atomic mass is 32.2. The molecular weight excluding hydrogens is 427 g/mol. The minimum absolute atomic E-state index is 0.0415. The van der Waals surface area contributed by atoms with Crippen LogP contribution in [0.15, 0.2) is 57.9 Å². The third-order valence-corrected chi connectivity index (χ3v) is 5.69. The monoisotopic (exact) mass is 446 g/mol. The molecule has 1 heterocycles. The number of nitrogens with one attached hydrogen (secondary N) is 2. The SMILES string of the molecule is CC(=O)Nc1ccc(NC(=O)CCc2nc(CS(=O)(=O)c3ccc(F)cc3)no2)cc1. The van der Waals surface area contributed by atoms with Crippen molar-refractivity contribution in [1.29, 1.82) is 0 Å². The Bertz CT molecular complexity index is 1180. The Balaban J connectivity index is 1.52. The van der Waals surface area contributed by atoms with Gasteiger partial charge in [0.1, 0.15) is 11.6 Å². The smallest absolute Gasteiger partial charge is 0.227 e. The van der Waals surface area contributed by atoms with E-state index < -0.39 is 21.4 Å². The quantitative estimate of drug-likeness (QED) is 0.509. The van der Waals surface area contributed by atoms with E-state index in [1.165, 1.54) is 19.1 Å². The molecular formula is C20H19FN4O5S. The molecule has 0 aliphatic rings. The van der Waals surface area contributed by atoms with Gasteiger partial charge in [-0.2, -0.15) is 4.98 Å². The van der Waals surface area contributed by atoms with Crippen molar-refractivity contribution in [2.24, 2.45) is 0 Å². The molecule has 9 nitrogen and oxygen atoms in total. The predicted octanol–water partition coefficient (Wildman–Crippen LogP) is 2.71. The van der Waals surface area contributed by atoms with Crippen LogP contribution in [0.5, 0.6) is 0 Å². The fraction of sp³-hybridized carbons (Fsp3) is 0.200.